The van der Waals surface area contributed by atoms with E-state index < -0.39 is 6.10 Å². The van der Waals surface area contributed by atoms with Crippen LogP contribution in [0, 0.1) is 5.41 Å². The maximum absolute atomic E-state index is 10.1. The lowest BCUT2D eigenvalue weighted by atomic mass is 10.0. The van der Waals surface area contributed by atoms with E-state index in [2.05, 4.69) is 19.9 Å². The number of allylic oxidation sites excluding steroid dienone is 1. The van der Waals surface area contributed by atoms with E-state index in [1.165, 1.54) is 0 Å². The van der Waals surface area contributed by atoms with Crippen molar-refractivity contribution in [2.75, 3.05) is 7.11 Å². The minimum atomic E-state index is -0.506. The van der Waals surface area contributed by atoms with Gasteiger partial charge in [0.1, 0.15) is 11.9 Å². The van der Waals surface area contributed by atoms with Crippen molar-refractivity contribution < 1.29 is 14.6 Å². The number of methoxy groups -OCH3 is 1. The summed E-state index contributed by atoms with van der Waals surface area (Å²) in [6.07, 6.45) is 1.38. The molecule has 0 amide bonds. The van der Waals surface area contributed by atoms with Crippen LogP contribution in [-0.2, 0) is 11.3 Å². The Morgan fingerprint density at radius 2 is 1.79 bits per heavy atom. The van der Waals surface area contributed by atoms with Crippen LogP contribution >= 0.6 is 0 Å². The van der Waals surface area contributed by atoms with E-state index in [9.17, 15) is 5.11 Å². The summed E-state index contributed by atoms with van der Waals surface area (Å²) in [6.45, 7) is 6.60. The third-order valence-corrected chi connectivity index (χ3v) is 3.61. The number of hydrogen-bond donors (Lipinski definition) is 1. The fourth-order valence-electron chi connectivity index (χ4n) is 2.11. The Balaban J connectivity index is 1.83. The third-order valence-electron chi connectivity index (χ3n) is 3.61. The molecule has 0 aliphatic heterocycles. The molecule has 1 N–H and O–H groups in total. The predicted octanol–water partition coefficient (Wildman–Crippen LogP) is 2.93. The molecule has 0 aromatic heterocycles. The summed E-state index contributed by atoms with van der Waals surface area (Å²) < 4.78 is 10.8. The molecule has 3 heteroatoms. The van der Waals surface area contributed by atoms with Crippen molar-refractivity contribution in [2.45, 2.75) is 39.6 Å². The first-order valence-electron chi connectivity index (χ1n) is 6.60. The summed E-state index contributed by atoms with van der Waals surface area (Å²) in [7, 11) is 1.65. The standard InChI is InChI=1S/C16H22O3/c1-11(15(17)14-9-16(14,2)3)19-10-12-5-7-13(18-4)8-6-12/h5-9,11,15,17H,10H2,1-4H3/t11-,15-/m1/s1. The summed E-state index contributed by atoms with van der Waals surface area (Å²) in [5.74, 6) is 0.835. The van der Waals surface area contributed by atoms with Gasteiger partial charge in [-0.05, 0) is 30.2 Å². The Labute approximate surface area is 114 Å². The van der Waals surface area contributed by atoms with Crippen LogP contribution in [-0.4, -0.2) is 24.4 Å². The van der Waals surface area contributed by atoms with Gasteiger partial charge in [0.25, 0.3) is 0 Å². The van der Waals surface area contributed by atoms with Gasteiger partial charge in [0.05, 0.1) is 19.8 Å². The average Bonchev–Trinajstić information content (AvgIpc) is 3.04. The number of aliphatic hydroxyl groups is 1. The normalized spacial score (nSPS) is 19.5. The van der Waals surface area contributed by atoms with E-state index in [1.54, 1.807) is 7.11 Å². The second kappa shape index (κ2) is 5.35. The Bertz CT molecular complexity index is 459. The summed E-state index contributed by atoms with van der Waals surface area (Å²) >= 11 is 0. The van der Waals surface area contributed by atoms with Crippen LogP contribution in [0.1, 0.15) is 26.3 Å². The van der Waals surface area contributed by atoms with Gasteiger partial charge in [-0.15, -0.1) is 0 Å². The van der Waals surface area contributed by atoms with Crippen molar-refractivity contribution in [3.05, 3.63) is 41.5 Å². The molecule has 1 aliphatic carbocycles. The van der Waals surface area contributed by atoms with Crippen molar-refractivity contribution >= 4 is 0 Å². The van der Waals surface area contributed by atoms with Gasteiger partial charge < -0.3 is 14.6 Å². The van der Waals surface area contributed by atoms with Gasteiger partial charge in [0.2, 0.25) is 0 Å². The van der Waals surface area contributed by atoms with Crippen LogP contribution in [0.4, 0.5) is 0 Å². The van der Waals surface area contributed by atoms with Gasteiger partial charge in [0, 0.05) is 5.41 Å². The van der Waals surface area contributed by atoms with Gasteiger partial charge in [0.15, 0.2) is 0 Å². The van der Waals surface area contributed by atoms with Crippen molar-refractivity contribution in [2.24, 2.45) is 5.41 Å². The molecule has 19 heavy (non-hydrogen) atoms. The number of aliphatic hydroxyl groups excluding tert-OH is 1. The predicted molar refractivity (Wildman–Crippen MR) is 75.1 cm³/mol. The van der Waals surface area contributed by atoms with Crippen molar-refractivity contribution in [1.29, 1.82) is 0 Å². The molecule has 104 valence electrons. The molecular weight excluding hydrogens is 240 g/mol. The van der Waals surface area contributed by atoms with E-state index in [4.69, 9.17) is 9.47 Å². The first kappa shape index (κ1) is 14.1. The topological polar surface area (TPSA) is 38.7 Å². The van der Waals surface area contributed by atoms with Crippen LogP contribution in [0.15, 0.2) is 35.9 Å². The van der Waals surface area contributed by atoms with Gasteiger partial charge in [-0.25, -0.2) is 0 Å². The summed E-state index contributed by atoms with van der Waals surface area (Å²) in [4.78, 5) is 0. The molecular formula is C16H22O3. The smallest absolute Gasteiger partial charge is 0.118 e. The monoisotopic (exact) mass is 262 g/mol. The third kappa shape index (κ3) is 3.37. The minimum absolute atomic E-state index is 0.0666. The molecule has 0 radical (unpaired) electrons. The Morgan fingerprint density at radius 1 is 1.21 bits per heavy atom. The van der Waals surface area contributed by atoms with Crippen molar-refractivity contribution in [1.82, 2.24) is 0 Å². The van der Waals surface area contributed by atoms with Crippen LogP contribution in [0.25, 0.3) is 0 Å². The molecule has 0 spiro atoms. The maximum Gasteiger partial charge on any atom is 0.118 e. The first-order chi connectivity index (χ1) is 8.94. The molecule has 1 aromatic rings. The fraction of sp³-hybridized carbons (Fsp3) is 0.500. The zero-order chi connectivity index (χ0) is 14.0. The second-order valence-electron chi connectivity index (χ2n) is 5.63. The minimum Gasteiger partial charge on any atom is -0.497 e. The SMILES string of the molecule is COc1ccc(CO[C@H](C)[C@@H](O)C2=CC2(C)C)cc1. The summed E-state index contributed by atoms with van der Waals surface area (Å²) in [5, 5.41) is 10.1. The molecule has 1 aliphatic rings. The lowest BCUT2D eigenvalue weighted by molar-refractivity contribution is -0.0204. The molecule has 0 heterocycles. The van der Waals surface area contributed by atoms with E-state index in [0.717, 1.165) is 16.9 Å². The largest absolute Gasteiger partial charge is 0.497 e. The Hall–Kier alpha value is -1.32. The fourth-order valence-corrected chi connectivity index (χ4v) is 2.11. The van der Waals surface area contributed by atoms with Gasteiger partial charge in [-0.1, -0.05) is 32.1 Å². The number of hydrogen-bond acceptors (Lipinski definition) is 3. The first-order valence-corrected chi connectivity index (χ1v) is 6.60. The molecule has 3 nitrogen and oxygen atoms in total. The van der Waals surface area contributed by atoms with Gasteiger partial charge in [-0.2, -0.15) is 0 Å². The molecule has 0 fully saturated rings. The summed E-state index contributed by atoms with van der Waals surface area (Å²) in [5.41, 5.74) is 2.22. The number of ether oxygens (including phenoxy) is 2. The van der Waals surface area contributed by atoms with E-state index in [-0.39, 0.29) is 11.5 Å². The highest BCUT2D eigenvalue weighted by atomic mass is 16.5. The molecule has 0 saturated carbocycles. The molecule has 1 aromatic carbocycles. The van der Waals surface area contributed by atoms with Gasteiger partial charge >= 0.3 is 0 Å². The molecule has 2 atom stereocenters. The Morgan fingerprint density at radius 3 is 2.26 bits per heavy atom. The van der Waals surface area contributed by atoms with Crippen molar-refractivity contribution in [3.8, 4) is 5.75 Å². The van der Waals surface area contributed by atoms with E-state index in [0.29, 0.717) is 6.61 Å². The quantitative estimate of drug-likeness (QED) is 0.801. The highest BCUT2D eigenvalue weighted by Crippen LogP contribution is 2.45. The molecule has 0 saturated heterocycles. The molecule has 2 rings (SSSR count). The van der Waals surface area contributed by atoms with Crippen LogP contribution in [0.3, 0.4) is 0 Å². The zero-order valence-corrected chi connectivity index (χ0v) is 12.0. The van der Waals surface area contributed by atoms with Crippen LogP contribution in [0.5, 0.6) is 5.75 Å². The molecule has 0 bridgehead atoms. The molecule has 0 unspecified atom stereocenters. The van der Waals surface area contributed by atoms with Crippen LogP contribution < -0.4 is 4.74 Å². The van der Waals surface area contributed by atoms with E-state index >= 15 is 0 Å². The summed E-state index contributed by atoms with van der Waals surface area (Å²) in [6, 6.07) is 7.76. The van der Waals surface area contributed by atoms with E-state index in [1.807, 2.05) is 31.2 Å². The Kier molecular flexibility index (Phi) is 3.97. The zero-order valence-electron chi connectivity index (χ0n) is 12.0. The highest BCUT2D eigenvalue weighted by Gasteiger charge is 2.40. The number of rotatable bonds is 6. The lowest BCUT2D eigenvalue weighted by Crippen LogP contribution is -2.27. The average molecular weight is 262 g/mol. The maximum atomic E-state index is 10.1. The van der Waals surface area contributed by atoms with Gasteiger partial charge in [-0.3, -0.25) is 0 Å². The lowest BCUT2D eigenvalue weighted by Gasteiger charge is -2.20. The van der Waals surface area contributed by atoms with Crippen LogP contribution in [0.2, 0.25) is 0 Å². The number of benzene rings is 1. The highest BCUT2D eigenvalue weighted by molar-refractivity contribution is 5.39. The van der Waals surface area contributed by atoms with Crippen molar-refractivity contribution in [3.63, 3.8) is 0 Å². The second-order valence-corrected chi connectivity index (χ2v) is 5.63.